The number of aryl methyl sites for hydroxylation is 1. The molecule has 1 amide bonds. The Bertz CT molecular complexity index is 1110. The number of anilines is 3. The number of nitriles is 1. The number of rotatable bonds is 8. The summed E-state index contributed by atoms with van der Waals surface area (Å²) in [6, 6.07) is 10.9. The molecular formula is C23H25N7O. The fourth-order valence-corrected chi connectivity index (χ4v) is 3.19. The minimum atomic E-state index is -0.530. The molecule has 158 valence electrons. The van der Waals surface area contributed by atoms with E-state index in [-0.39, 0.29) is 11.6 Å². The van der Waals surface area contributed by atoms with Crippen molar-refractivity contribution in [2.75, 3.05) is 10.6 Å². The third-order valence-electron chi connectivity index (χ3n) is 4.59. The maximum atomic E-state index is 11.8. The lowest BCUT2D eigenvalue weighted by Gasteiger charge is -2.19. The Morgan fingerprint density at radius 1 is 1.23 bits per heavy atom. The molecule has 0 saturated heterocycles. The number of pyridine rings is 3. The summed E-state index contributed by atoms with van der Waals surface area (Å²) < 4.78 is 0. The number of hydrogen-bond donors (Lipinski definition) is 3. The van der Waals surface area contributed by atoms with Crippen molar-refractivity contribution in [1.29, 1.82) is 5.26 Å². The van der Waals surface area contributed by atoms with Crippen LogP contribution in [0.1, 0.15) is 31.5 Å². The van der Waals surface area contributed by atoms with Gasteiger partial charge in [0.15, 0.2) is 5.69 Å². The van der Waals surface area contributed by atoms with Crippen LogP contribution in [-0.4, -0.2) is 26.9 Å². The van der Waals surface area contributed by atoms with E-state index in [1.165, 1.54) is 6.20 Å². The van der Waals surface area contributed by atoms with Gasteiger partial charge >= 0.3 is 0 Å². The monoisotopic (exact) mass is 415 g/mol. The Kier molecular flexibility index (Phi) is 6.78. The lowest BCUT2D eigenvalue weighted by molar-refractivity contribution is -0.119. The standard InChI is InChI=1S/C23H25N7O/c1-14(2)8-20(23(25)31)28-17-11-19(21(12-24)27-13-17)30-22-10-15(3)9-18(29-22)16-4-6-26-7-5-16/h4-7,9-11,13-14,20,28H,8H2,1-3H3,(H2,25,31)(H,29,30)/t20-/m1/s1. The zero-order chi connectivity index (χ0) is 22.4. The molecule has 0 unspecified atom stereocenters. The Labute approximate surface area is 181 Å². The molecule has 3 heterocycles. The minimum absolute atomic E-state index is 0.221. The van der Waals surface area contributed by atoms with Crippen molar-refractivity contribution in [3.05, 3.63) is 60.2 Å². The second-order valence-electron chi connectivity index (χ2n) is 7.74. The highest BCUT2D eigenvalue weighted by Crippen LogP contribution is 2.26. The quantitative estimate of drug-likeness (QED) is 0.510. The predicted molar refractivity (Wildman–Crippen MR) is 120 cm³/mol. The van der Waals surface area contributed by atoms with E-state index in [1.807, 2.05) is 45.0 Å². The summed E-state index contributed by atoms with van der Waals surface area (Å²) in [7, 11) is 0. The Morgan fingerprint density at radius 2 is 1.97 bits per heavy atom. The first kappa shape index (κ1) is 21.7. The molecule has 0 aliphatic heterocycles. The number of carbonyl (C=O) groups excluding carboxylic acids is 1. The Hall–Kier alpha value is -3.99. The molecule has 4 N–H and O–H groups in total. The zero-order valence-corrected chi connectivity index (χ0v) is 17.8. The van der Waals surface area contributed by atoms with Crippen LogP contribution in [0, 0.1) is 24.2 Å². The summed E-state index contributed by atoms with van der Waals surface area (Å²) in [6.07, 6.45) is 5.54. The first-order valence-electron chi connectivity index (χ1n) is 9.98. The fourth-order valence-electron chi connectivity index (χ4n) is 3.19. The van der Waals surface area contributed by atoms with Crippen LogP contribution in [0.25, 0.3) is 11.3 Å². The second-order valence-corrected chi connectivity index (χ2v) is 7.74. The SMILES string of the molecule is Cc1cc(Nc2cc(N[C@H](CC(C)C)C(N)=O)cnc2C#N)nc(-c2ccncc2)c1. The van der Waals surface area contributed by atoms with Crippen molar-refractivity contribution in [3.63, 3.8) is 0 Å². The van der Waals surface area contributed by atoms with Gasteiger partial charge in [0.05, 0.1) is 23.3 Å². The third-order valence-corrected chi connectivity index (χ3v) is 4.59. The smallest absolute Gasteiger partial charge is 0.239 e. The van der Waals surface area contributed by atoms with Crippen molar-refractivity contribution >= 4 is 23.1 Å². The maximum Gasteiger partial charge on any atom is 0.239 e. The van der Waals surface area contributed by atoms with E-state index < -0.39 is 11.9 Å². The first-order valence-corrected chi connectivity index (χ1v) is 9.98. The van der Waals surface area contributed by atoms with Gasteiger partial charge in [-0.15, -0.1) is 0 Å². The average Bonchev–Trinajstić information content (AvgIpc) is 2.73. The number of nitrogens with two attached hydrogens (primary N) is 1. The van der Waals surface area contributed by atoms with Crippen LogP contribution in [-0.2, 0) is 4.79 Å². The van der Waals surface area contributed by atoms with Crippen LogP contribution in [0.15, 0.2) is 48.9 Å². The van der Waals surface area contributed by atoms with Gasteiger partial charge in [-0.3, -0.25) is 9.78 Å². The lowest BCUT2D eigenvalue weighted by Crippen LogP contribution is -2.36. The molecule has 3 aromatic rings. The summed E-state index contributed by atoms with van der Waals surface area (Å²) in [5.74, 6) is 0.433. The molecule has 0 aliphatic rings. The maximum absolute atomic E-state index is 11.8. The first-order chi connectivity index (χ1) is 14.9. The number of hydrogen-bond acceptors (Lipinski definition) is 7. The molecule has 31 heavy (non-hydrogen) atoms. The molecule has 0 saturated carbocycles. The number of nitrogens with one attached hydrogen (secondary N) is 2. The van der Waals surface area contributed by atoms with Crippen LogP contribution in [0.4, 0.5) is 17.2 Å². The van der Waals surface area contributed by atoms with E-state index in [0.717, 1.165) is 16.8 Å². The normalized spacial score (nSPS) is 11.6. The lowest BCUT2D eigenvalue weighted by atomic mass is 10.0. The molecule has 1 atom stereocenters. The van der Waals surface area contributed by atoms with E-state index in [2.05, 4.69) is 31.7 Å². The van der Waals surface area contributed by atoms with Gasteiger partial charge in [0, 0.05) is 18.0 Å². The molecule has 3 aromatic heterocycles. The van der Waals surface area contributed by atoms with Crippen molar-refractivity contribution < 1.29 is 4.79 Å². The van der Waals surface area contributed by atoms with E-state index in [1.54, 1.807) is 18.5 Å². The summed E-state index contributed by atoms with van der Waals surface area (Å²) in [5.41, 5.74) is 9.57. The van der Waals surface area contributed by atoms with Gasteiger partial charge in [-0.05, 0) is 55.2 Å². The topological polar surface area (TPSA) is 130 Å². The van der Waals surface area contributed by atoms with Crippen molar-refractivity contribution in [2.24, 2.45) is 11.7 Å². The molecule has 0 bridgehead atoms. The molecule has 0 fully saturated rings. The molecule has 8 heteroatoms. The largest absolute Gasteiger partial charge is 0.372 e. The van der Waals surface area contributed by atoms with Crippen LogP contribution < -0.4 is 16.4 Å². The molecular weight excluding hydrogens is 390 g/mol. The number of nitrogens with zero attached hydrogens (tertiary/aromatic N) is 4. The summed E-state index contributed by atoms with van der Waals surface area (Å²) in [5, 5.41) is 15.8. The highest BCUT2D eigenvalue weighted by Gasteiger charge is 2.18. The van der Waals surface area contributed by atoms with Crippen LogP contribution >= 0.6 is 0 Å². The van der Waals surface area contributed by atoms with Gasteiger partial charge < -0.3 is 16.4 Å². The molecule has 0 spiro atoms. The van der Waals surface area contributed by atoms with Gasteiger partial charge in [0.1, 0.15) is 17.9 Å². The Balaban J connectivity index is 1.91. The second kappa shape index (κ2) is 9.67. The van der Waals surface area contributed by atoms with Gasteiger partial charge in [0.25, 0.3) is 0 Å². The third kappa shape index (κ3) is 5.76. The van der Waals surface area contributed by atoms with Crippen molar-refractivity contribution in [3.8, 4) is 17.3 Å². The van der Waals surface area contributed by atoms with Crippen LogP contribution in [0.5, 0.6) is 0 Å². The van der Waals surface area contributed by atoms with E-state index in [4.69, 9.17) is 5.73 Å². The molecule has 3 rings (SSSR count). The zero-order valence-electron chi connectivity index (χ0n) is 17.8. The number of amides is 1. The van der Waals surface area contributed by atoms with Crippen LogP contribution in [0.3, 0.4) is 0 Å². The molecule has 8 nitrogen and oxygen atoms in total. The molecule has 0 aliphatic carbocycles. The molecule has 0 aromatic carbocycles. The molecule has 0 radical (unpaired) electrons. The van der Waals surface area contributed by atoms with E-state index in [0.29, 0.717) is 23.6 Å². The van der Waals surface area contributed by atoms with Gasteiger partial charge in [-0.1, -0.05) is 13.8 Å². The van der Waals surface area contributed by atoms with Gasteiger partial charge in [0.2, 0.25) is 5.91 Å². The van der Waals surface area contributed by atoms with Crippen molar-refractivity contribution in [1.82, 2.24) is 15.0 Å². The summed E-state index contributed by atoms with van der Waals surface area (Å²) >= 11 is 0. The van der Waals surface area contributed by atoms with E-state index in [9.17, 15) is 10.1 Å². The Morgan fingerprint density at radius 3 is 2.61 bits per heavy atom. The predicted octanol–water partition coefficient (Wildman–Crippen LogP) is 3.77. The highest BCUT2D eigenvalue weighted by atomic mass is 16.1. The van der Waals surface area contributed by atoms with Crippen LogP contribution in [0.2, 0.25) is 0 Å². The number of carbonyl (C=O) groups is 1. The summed E-state index contributed by atoms with van der Waals surface area (Å²) in [4.78, 5) is 24.7. The van der Waals surface area contributed by atoms with Crippen molar-refractivity contribution in [2.45, 2.75) is 33.2 Å². The van der Waals surface area contributed by atoms with E-state index >= 15 is 0 Å². The van der Waals surface area contributed by atoms with Gasteiger partial charge in [-0.25, -0.2) is 9.97 Å². The minimum Gasteiger partial charge on any atom is -0.372 e. The average molecular weight is 416 g/mol. The number of aromatic nitrogens is 3. The summed E-state index contributed by atoms with van der Waals surface area (Å²) in [6.45, 7) is 6.01. The van der Waals surface area contributed by atoms with Gasteiger partial charge in [-0.2, -0.15) is 5.26 Å². The highest BCUT2D eigenvalue weighted by molar-refractivity contribution is 5.83. The fraction of sp³-hybridized carbons (Fsp3) is 0.261. The number of primary amides is 1.